The van der Waals surface area contributed by atoms with Crippen LogP contribution in [-0.2, 0) is 16.4 Å². The molecule has 2 aromatic carbocycles. The second-order valence-electron chi connectivity index (χ2n) is 8.19. The lowest BCUT2D eigenvalue weighted by Gasteiger charge is -2.27. The van der Waals surface area contributed by atoms with Crippen LogP contribution in [0.2, 0.25) is 0 Å². The number of nitrogens with one attached hydrogen (secondary N) is 2. The van der Waals surface area contributed by atoms with Crippen molar-refractivity contribution in [3.8, 4) is 11.5 Å². The van der Waals surface area contributed by atoms with Gasteiger partial charge in [0.15, 0.2) is 17.3 Å². The van der Waals surface area contributed by atoms with E-state index in [9.17, 15) is 17.2 Å². The van der Waals surface area contributed by atoms with E-state index in [1.807, 2.05) is 0 Å². The zero-order valence-electron chi connectivity index (χ0n) is 16.9. The molecule has 30 heavy (non-hydrogen) atoms. The third-order valence-electron chi connectivity index (χ3n) is 5.77. The summed E-state index contributed by atoms with van der Waals surface area (Å²) in [5, 5.41) is 3.73. The van der Waals surface area contributed by atoms with Crippen LogP contribution in [-0.4, -0.2) is 20.7 Å². The topological polar surface area (TPSA) is 67.4 Å². The molecule has 0 amide bonds. The van der Waals surface area contributed by atoms with Gasteiger partial charge in [0, 0.05) is 18.2 Å². The molecule has 0 aliphatic heterocycles. The molecule has 2 aliphatic carbocycles. The van der Waals surface area contributed by atoms with Gasteiger partial charge in [0.25, 0.3) is 0 Å². The number of rotatable bonds is 6. The Balaban J connectivity index is 1.66. The average Bonchev–Trinajstić information content (AvgIpc) is 3.05. The fourth-order valence-electron chi connectivity index (χ4n) is 4.40. The highest BCUT2D eigenvalue weighted by molar-refractivity contribution is 7.92. The van der Waals surface area contributed by atoms with E-state index in [2.05, 4.69) is 10.0 Å². The first-order chi connectivity index (χ1) is 14.3. The molecule has 1 atom stereocenters. The second-order valence-corrected chi connectivity index (χ2v) is 9.94. The van der Waals surface area contributed by atoms with Crippen LogP contribution in [0.5, 0.6) is 11.5 Å². The Bertz CT molecular complexity index is 1040. The van der Waals surface area contributed by atoms with Crippen molar-refractivity contribution >= 4 is 15.7 Å². The van der Waals surface area contributed by atoms with E-state index >= 15 is 0 Å². The largest absolute Gasteiger partial charge is 0.452 e. The second kappa shape index (κ2) is 8.51. The molecule has 2 aliphatic rings. The van der Waals surface area contributed by atoms with Gasteiger partial charge in [-0.1, -0.05) is 19.3 Å². The van der Waals surface area contributed by atoms with Crippen molar-refractivity contribution in [1.29, 1.82) is 0 Å². The summed E-state index contributed by atoms with van der Waals surface area (Å²) in [6.45, 7) is 0. The fourth-order valence-corrected chi connectivity index (χ4v) is 4.96. The SMILES string of the molecule is CS(=O)(=O)Nc1cc2c(cc1Oc1ccc(F)cc1F)C(NC1CCCCC1)CC2. The molecule has 0 heterocycles. The minimum Gasteiger partial charge on any atom is -0.452 e. The van der Waals surface area contributed by atoms with Crippen molar-refractivity contribution in [2.45, 2.75) is 57.0 Å². The molecule has 1 saturated carbocycles. The van der Waals surface area contributed by atoms with Crippen LogP contribution < -0.4 is 14.8 Å². The highest BCUT2D eigenvalue weighted by Gasteiger charge is 2.28. The lowest BCUT2D eigenvalue weighted by molar-refractivity contribution is 0.337. The highest BCUT2D eigenvalue weighted by atomic mass is 32.2. The van der Waals surface area contributed by atoms with Crippen LogP contribution in [0.3, 0.4) is 0 Å². The maximum Gasteiger partial charge on any atom is 0.229 e. The molecular formula is C22H26F2N2O3S. The summed E-state index contributed by atoms with van der Waals surface area (Å²) in [7, 11) is -3.56. The molecule has 5 nitrogen and oxygen atoms in total. The zero-order valence-corrected chi connectivity index (χ0v) is 17.7. The van der Waals surface area contributed by atoms with Gasteiger partial charge in [0.2, 0.25) is 10.0 Å². The van der Waals surface area contributed by atoms with Crippen LogP contribution in [0.4, 0.5) is 14.5 Å². The van der Waals surface area contributed by atoms with Crippen LogP contribution >= 0.6 is 0 Å². The highest BCUT2D eigenvalue weighted by Crippen LogP contribution is 2.41. The first kappa shape index (κ1) is 21.1. The van der Waals surface area contributed by atoms with Gasteiger partial charge in [0.05, 0.1) is 11.9 Å². The molecule has 0 bridgehead atoms. The van der Waals surface area contributed by atoms with Gasteiger partial charge in [0.1, 0.15) is 5.82 Å². The quantitative estimate of drug-likeness (QED) is 0.666. The van der Waals surface area contributed by atoms with Crippen LogP contribution in [0.1, 0.15) is 55.7 Å². The summed E-state index contributed by atoms with van der Waals surface area (Å²) in [6, 6.07) is 7.19. The monoisotopic (exact) mass is 436 g/mol. The Morgan fingerprint density at radius 1 is 1.00 bits per heavy atom. The van der Waals surface area contributed by atoms with Crippen molar-refractivity contribution in [2.75, 3.05) is 11.0 Å². The third-order valence-corrected chi connectivity index (χ3v) is 6.36. The Hall–Kier alpha value is -2.19. The van der Waals surface area contributed by atoms with E-state index in [0.717, 1.165) is 55.2 Å². The molecule has 0 aromatic heterocycles. The first-order valence-corrected chi connectivity index (χ1v) is 12.2. The average molecular weight is 437 g/mol. The molecular weight excluding hydrogens is 410 g/mol. The molecule has 0 saturated heterocycles. The van der Waals surface area contributed by atoms with Gasteiger partial charge in [-0.2, -0.15) is 0 Å². The number of anilines is 1. The van der Waals surface area contributed by atoms with E-state index in [4.69, 9.17) is 4.74 Å². The fraction of sp³-hybridized carbons (Fsp3) is 0.455. The standard InChI is InChI=1S/C22H26F2N2O3S/c1-30(27,28)26-20-11-14-7-9-19(25-16-5-3-2-4-6-16)17(14)13-22(20)29-21-10-8-15(23)12-18(21)24/h8,10-13,16,19,25-26H,2-7,9H2,1H3. The van der Waals surface area contributed by atoms with Crippen LogP contribution in [0.25, 0.3) is 0 Å². The van der Waals surface area contributed by atoms with E-state index in [-0.39, 0.29) is 23.2 Å². The minimum atomic E-state index is -3.56. The van der Waals surface area contributed by atoms with Crippen molar-refractivity contribution < 1.29 is 21.9 Å². The Kier molecular flexibility index (Phi) is 5.97. The maximum absolute atomic E-state index is 14.1. The molecule has 1 fully saturated rings. The van der Waals surface area contributed by atoms with Crippen molar-refractivity contribution in [2.24, 2.45) is 0 Å². The van der Waals surface area contributed by atoms with Crippen molar-refractivity contribution in [3.05, 3.63) is 53.1 Å². The maximum atomic E-state index is 14.1. The number of benzene rings is 2. The smallest absolute Gasteiger partial charge is 0.229 e. The van der Waals surface area contributed by atoms with Crippen LogP contribution in [0, 0.1) is 11.6 Å². The molecule has 0 radical (unpaired) electrons. The molecule has 162 valence electrons. The molecule has 1 unspecified atom stereocenters. The Morgan fingerprint density at radius 2 is 1.77 bits per heavy atom. The number of halogens is 2. The molecule has 4 rings (SSSR count). The van der Waals surface area contributed by atoms with Gasteiger partial charge in [-0.3, -0.25) is 4.72 Å². The van der Waals surface area contributed by atoms with Gasteiger partial charge < -0.3 is 10.1 Å². The molecule has 0 spiro atoms. The van der Waals surface area contributed by atoms with Crippen molar-refractivity contribution in [3.63, 3.8) is 0 Å². The summed E-state index contributed by atoms with van der Waals surface area (Å²) in [5.41, 5.74) is 2.33. The summed E-state index contributed by atoms with van der Waals surface area (Å²) in [5.74, 6) is -1.53. The number of aryl methyl sites for hydroxylation is 1. The van der Waals surface area contributed by atoms with E-state index in [0.29, 0.717) is 6.04 Å². The lowest BCUT2D eigenvalue weighted by Crippen LogP contribution is -2.33. The predicted molar refractivity (Wildman–Crippen MR) is 112 cm³/mol. The van der Waals surface area contributed by atoms with Gasteiger partial charge in [-0.15, -0.1) is 0 Å². The summed E-state index contributed by atoms with van der Waals surface area (Å²) in [4.78, 5) is 0. The number of ether oxygens (including phenoxy) is 1. The first-order valence-electron chi connectivity index (χ1n) is 10.3. The molecule has 2 N–H and O–H groups in total. The van der Waals surface area contributed by atoms with Gasteiger partial charge in [-0.25, -0.2) is 17.2 Å². The Morgan fingerprint density at radius 3 is 2.47 bits per heavy atom. The number of fused-ring (bicyclic) bond motifs is 1. The minimum absolute atomic E-state index is 0.149. The van der Waals surface area contributed by atoms with Crippen LogP contribution in [0.15, 0.2) is 30.3 Å². The summed E-state index contributed by atoms with van der Waals surface area (Å²) in [6.07, 6.45) is 8.84. The lowest BCUT2D eigenvalue weighted by atomic mass is 9.94. The zero-order chi connectivity index (χ0) is 21.3. The predicted octanol–water partition coefficient (Wildman–Crippen LogP) is 5.04. The summed E-state index contributed by atoms with van der Waals surface area (Å²) >= 11 is 0. The number of sulfonamides is 1. The van der Waals surface area contributed by atoms with E-state index < -0.39 is 21.7 Å². The number of hydrogen-bond acceptors (Lipinski definition) is 4. The normalized spacial score (nSPS) is 19.5. The third kappa shape index (κ3) is 4.92. The summed E-state index contributed by atoms with van der Waals surface area (Å²) < 4.78 is 59.2. The van der Waals surface area contributed by atoms with E-state index in [1.165, 1.54) is 25.3 Å². The van der Waals surface area contributed by atoms with Crippen molar-refractivity contribution in [1.82, 2.24) is 5.32 Å². The number of hydrogen-bond donors (Lipinski definition) is 2. The van der Waals surface area contributed by atoms with E-state index in [1.54, 1.807) is 12.1 Å². The van der Waals surface area contributed by atoms with Gasteiger partial charge >= 0.3 is 0 Å². The van der Waals surface area contributed by atoms with Gasteiger partial charge in [-0.05, 0) is 61.1 Å². The molecule has 8 heteroatoms. The molecule has 2 aromatic rings. The Labute approximate surface area is 175 Å².